The Hall–Kier alpha value is -4.00. The Morgan fingerprint density at radius 2 is 1.76 bits per heavy atom. The third-order valence-electron chi connectivity index (χ3n) is 6.45. The molecule has 0 bridgehead atoms. The van der Waals surface area contributed by atoms with Gasteiger partial charge in [-0.05, 0) is 55.0 Å². The molecule has 4 aromatic rings. The normalized spacial score (nSPS) is 15.1. The molecule has 1 atom stereocenters. The quantitative estimate of drug-likeness (QED) is 0.470. The number of aromatic nitrogens is 3. The largest absolute Gasteiger partial charge is 0.348 e. The summed E-state index contributed by atoms with van der Waals surface area (Å²) in [5.41, 5.74) is 3.78. The molecule has 1 amide bonds. The van der Waals surface area contributed by atoms with Crippen molar-refractivity contribution in [2.45, 2.75) is 45.3 Å². The highest BCUT2D eigenvalue weighted by molar-refractivity contribution is 5.79. The fraction of sp³-hybridized carbons (Fsp3) is 0.259. The molecule has 1 N–H and O–H groups in total. The van der Waals surface area contributed by atoms with Gasteiger partial charge in [-0.15, -0.1) is 0 Å². The zero-order valence-electron chi connectivity index (χ0n) is 19.0. The van der Waals surface area contributed by atoms with E-state index in [0.717, 1.165) is 36.0 Å². The highest BCUT2D eigenvalue weighted by Gasteiger charge is 2.23. The van der Waals surface area contributed by atoms with Gasteiger partial charge in [0.1, 0.15) is 6.54 Å². The van der Waals surface area contributed by atoms with Gasteiger partial charge in [0.2, 0.25) is 5.91 Å². The first-order valence-electron chi connectivity index (χ1n) is 11.5. The Kier molecular flexibility index (Phi) is 5.84. The summed E-state index contributed by atoms with van der Waals surface area (Å²) < 4.78 is 2.62. The lowest BCUT2D eigenvalue weighted by molar-refractivity contribution is -0.122. The molecule has 5 rings (SSSR count). The maximum absolute atomic E-state index is 13.1. The van der Waals surface area contributed by atoms with Crippen LogP contribution in [0.15, 0.2) is 76.4 Å². The van der Waals surface area contributed by atoms with E-state index in [1.807, 2.05) is 49.4 Å². The van der Waals surface area contributed by atoms with Crippen LogP contribution in [0.5, 0.6) is 0 Å². The third kappa shape index (κ3) is 4.17. The predicted octanol–water partition coefficient (Wildman–Crippen LogP) is 3.11. The van der Waals surface area contributed by atoms with Gasteiger partial charge in [0.05, 0.1) is 18.1 Å². The molecule has 1 aliphatic carbocycles. The number of hydrogen-bond acceptors (Lipinski definition) is 4. The van der Waals surface area contributed by atoms with Crippen LogP contribution in [0.3, 0.4) is 0 Å². The number of rotatable bonds is 5. The molecule has 0 saturated carbocycles. The van der Waals surface area contributed by atoms with Gasteiger partial charge in [-0.2, -0.15) is 0 Å². The van der Waals surface area contributed by atoms with E-state index in [1.165, 1.54) is 14.7 Å². The van der Waals surface area contributed by atoms with E-state index < -0.39 is 11.1 Å². The number of carbonyl (C=O) groups is 1. The first-order valence-corrected chi connectivity index (χ1v) is 11.5. The van der Waals surface area contributed by atoms with Crippen LogP contribution < -0.4 is 16.4 Å². The van der Waals surface area contributed by atoms with Crippen molar-refractivity contribution in [3.8, 4) is 0 Å². The van der Waals surface area contributed by atoms with Crippen LogP contribution in [0.1, 0.15) is 41.1 Å². The van der Waals surface area contributed by atoms with Crippen LogP contribution in [0.2, 0.25) is 0 Å². The molecule has 7 nitrogen and oxygen atoms in total. The van der Waals surface area contributed by atoms with E-state index in [1.54, 1.807) is 18.3 Å². The van der Waals surface area contributed by atoms with Gasteiger partial charge in [-0.25, -0.2) is 4.98 Å². The van der Waals surface area contributed by atoms with Crippen LogP contribution in [0.25, 0.3) is 11.2 Å². The van der Waals surface area contributed by atoms with Crippen molar-refractivity contribution in [2.75, 3.05) is 0 Å². The van der Waals surface area contributed by atoms with Crippen molar-refractivity contribution in [1.82, 2.24) is 19.4 Å². The van der Waals surface area contributed by atoms with Gasteiger partial charge in [0.25, 0.3) is 0 Å². The van der Waals surface area contributed by atoms with Gasteiger partial charge >= 0.3 is 11.1 Å². The Balaban J connectivity index is 1.47. The fourth-order valence-electron chi connectivity index (χ4n) is 4.71. The summed E-state index contributed by atoms with van der Waals surface area (Å²) in [6, 6.07) is 19.2. The van der Waals surface area contributed by atoms with E-state index >= 15 is 0 Å². The number of carbonyl (C=O) groups excluding carboxylic acids is 1. The molecule has 2 heterocycles. The van der Waals surface area contributed by atoms with Crippen molar-refractivity contribution in [3.05, 3.63) is 110 Å². The minimum atomic E-state index is -0.730. The number of nitrogens with one attached hydrogen (secondary N) is 1. The molecule has 0 saturated heterocycles. The van der Waals surface area contributed by atoms with Gasteiger partial charge in [0, 0.05) is 6.20 Å². The third-order valence-corrected chi connectivity index (χ3v) is 6.45. The van der Waals surface area contributed by atoms with E-state index in [2.05, 4.69) is 16.4 Å². The van der Waals surface area contributed by atoms with Crippen LogP contribution >= 0.6 is 0 Å². The molecule has 0 unspecified atom stereocenters. The average molecular weight is 455 g/mol. The summed E-state index contributed by atoms with van der Waals surface area (Å²) in [5.74, 6) is -0.301. The molecular formula is C27H26N4O3. The molecule has 172 valence electrons. The van der Waals surface area contributed by atoms with Crippen LogP contribution in [-0.4, -0.2) is 20.0 Å². The Morgan fingerprint density at radius 3 is 2.59 bits per heavy atom. The smallest absolute Gasteiger partial charge is 0.318 e. The lowest BCUT2D eigenvalue weighted by Crippen LogP contribution is -2.44. The van der Waals surface area contributed by atoms with Gasteiger partial charge in [-0.3, -0.25) is 23.5 Å². The van der Waals surface area contributed by atoms with Crippen LogP contribution in [-0.2, 0) is 24.3 Å². The van der Waals surface area contributed by atoms with E-state index in [4.69, 9.17) is 0 Å². The Bertz CT molecular complexity index is 1480. The number of benzene rings is 2. The van der Waals surface area contributed by atoms with E-state index in [9.17, 15) is 14.4 Å². The maximum Gasteiger partial charge on any atom is 0.318 e. The molecular weight excluding hydrogens is 428 g/mol. The standard InChI is InChI=1S/C27H26N4O3/c1-18-11-13-19(14-12-18)16-31-25-23(10-5-15-28-25)30(26(33)27(31)34)17-24(32)29-22-9-4-7-20-6-2-3-8-21(20)22/h2-3,5-6,8,10-15,22H,4,7,9,16-17H2,1H3,(H,29,32)/t22-/m0/s1. The van der Waals surface area contributed by atoms with Gasteiger partial charge < -0.3 is 5.32 Å². The number of pyridine rings is 1. The zero-order chi connectivity index (χ0) is 23.7. The molecule has 0 radical (unpaired) electrons. The molecule has 2 aromatic heterocycles. The van der Waals surface area contributed by atoms with E-state index in [-0.39, 0.29) is 25.0 Å². The number of aryl methyl sites for hydroxylation is 2. The first-order chi connectivity index (χ1) is 16.5. The second-order valence-corrected chi connectivity index (χ2v) is 8.83. The summed E-state index contributed by atoms with van der Waals surface area (Å²) in [5, 5.41) is 3.07. The average Bonchev–Trinajstić information content (AvgIpc) is 2.86. The Labute approximate surface area is 196 Å². The lowest BCUT2D eigenvalue weighted by Gasteiger charge is -2.26. The Morgan fingerprint density at radius 1 is 1.00 bits per heavy atom. The maximum atomic E-state index is 13.1. The second-order valence-electron chi connectivity index (χ2n) is 8.83. The molecule has 0 aliphatic heterocycles. The topological polar surface area (TPSA) is 86.0 Å². The lowest BCUT2D eigenvalue weighted by atomic mass is 9.88. The highest BCUT2D eigenvalue weighted by Crippen LogP contribution is 2.29. The molecule has 0 spiro atoms. The number of fused-ring (bicyclic) bond motifs is 2. The SMILES string of the molecule is Cc1ccc(Cn2c(=O)c(=O)n(CC(=O)N[C@H]3CCCc4ccccc43)c3cccnc32)cc1. The number of amides is 1. The summed E-state index contributed by atoms with van der Waals surface area (Å²) >= 11 is 0. The first kappa shape index (κ1) is 21.8. The van der Waals surface area contributed by atoms with Crippen molar-refractivity contribution in [2.24, 2.45) is 0 Å². The molecule has 0 fully saturated rings. The summed E-state index contributed by atoms with van der Waals surface area (Å²) in [6.07, 6.45) is 4.42. The second kappa shape index (κ2) is 9.09. The molecule has 1 aliphatic rings. The van der Waals surface area contributed by atoms with E-state index in [0.29, 0.717) is 11.2 Å². The summed E-state index contributed by atoms with van der Waals surface area (Å²) in [7, 11) is 0. The van der Waals surface area contributed by atoms with Crippen LogP contribution in [0, 0.1) is 6.92 Å². The number of nitrogens with zero attached hydrogens (tertiary/aromatic N) is 3. The van der Waals surface area contributed by atoms with Gasteiger partial charge in [-0.1, -0.05) is 54.1 Å². The van der Waals surface area contributed by atoms with Crippen molar-refractivity contribution in [3.63, 3.8) is 0 Å². The monoisotopic (exact) mass is 454 g/mol. The fourth-order valence-corrected chi connectivity index (χ4v) is 4.71. The summed E-state index contributed by atoms with van der Waals surface area (Å²) in [6.45, 7) is 1.99. The van der Waals surface area contributed by atoms with Crippen molar-refractivity contribution < 1.29 is 4.79 Å². The molecule has 2 aromatic carbocycles. The molecule has 7 heteroatoms. The predicted molar refractivity (Wildman–Crippen MR) is 131 cm³/mol. The zero-order valence-corrected chi connectivity index (χ0v) is 19.0. The number of hydrogen-bond donors (Lipinski definition) is 1. The van der Waals surface area contributed by atoms with Crippen molar-refractivity contribution >= 4 is 17.1 Å². The summed E-state index contributed by atoms with van der Waals surface area (Å²) in [4.78, 5) is 43.6. The highest BCUT2D eigenvalue weighted by atomic mass is 16.2. The van der Waals surface area contributed by atoms with Crippen LogP contribution in [0.4, 0.5) is 0 Å². The van der Waals surface area contributed by atoms with Crippen molar-refractivity contribution in [1.29, 1.82) is 0 Å². The van der Waals surface area contributed by atoms with Gasteiger partial charge in [0.15, 0.2) is 5.65 Å². The minimum Gasteiger partial charge on any atom is -0.348 e. The molecule has 34 heavy (non-hydrogen) atoms. The minimum absolute atomic E-state index is 0.0977.